The summed E-state index contributed by atoms with van der Waals surface area (Å²) in [5, 5.41) is 3.50. The number of halogens is 1. The summed E-state index contributed by atoms with van der Waals surface area (Å²) in [6, 6.07) is 2.41. The van der Waals surface area contributed by atoms with Crippen LogP contribution in [0.25, 0.3) is 0 Å². The fraction of sp³-hybridized carbons (Fsp3) is 1.00. The van der Waals surface area contributed by atoms with Crippen molar-refractivity contribution in [2.45, 2.75) is 38.4 Å². The number of rotatable bonds is 1. The fourth-order valence-corrected chi connectivity index (χ4v) is 2.23. The molecular formula is C8H17ClN2. The first-order valence-corrected chi connectivity index (χ1v) is 4.26. The second-order valence-electron chi connectivity index (χ2n) is 3.79. The predicted molar refractivity (Wildman–Crippen MR) is 49.3 cm³/mol. The number of nitrogens with zero attached hydrogens (tertiary/aromatic N) is 1. The molecule has 2 saturated heterocycles. The summed E-state index contributed by atoms with van der Waals surface area (Å²) in [5.74, 6) is 0. The van der Waals surface area contributed by atoms with Crippen molar-refractivity contribution in [3.05, 3.63) is 0 Å². The molecule has 0 aromatic carbocycles. The molecule has 0 aromatic heterocycles. The molecule has 2 fully saturated rings. The van der Waals surface area contributed by atoms with Crippen LogP contribution in [0.15, 0.2) is 0 Å². The maximum Gasteiger partial charge on any atom is 0.0239 e. The Morgan fingerprint density at radius 3 is 2.45 bits per heavy atom. The molecule has 2 atom stereocenters. The Bertz CT molecular complexity index is 138. The number of nitrogens with one attached hydrogen (secondary N) is 1. The van der Waals surface area contributed by atoms with Crippen molar-refractivity contribution >= 4 is 12.4 Å². The Morgan fingerprint density at radius 2 is 2.18 bits per heavy atom. The van der Waals surface area contributed by atoms with E-state index in [4.69, 9.17) is 0 Å². The van der Waals surface area contributed by atoms with Crippen molar-refractivity contribution in [2.75, 3.05) is 13.1 Å². The molecular weight excluding hydrogens is 160 g/mol. The second kappa shape index (κ2) is 3.30. The van der Waals surface area contributed by atoms with Gasteiger partial charge < -0.3 is 5.32 Å². The molecule has 66 valence electrons. The molecule has 2 nitrogen and oxygen atoms in total. The van der Waals surface area contributed by atoms with E-state index < -0.39 is 0 Å². The Hall–Kier alpha value is 0.210. The number of likely N-dealkylation sites (tertiary alicyclic amines) is 1. The highest BCUT2D eigenvalue weighted by atomic mass is 35.5. The van der Waals surface area contributed by atoms with Crippen LogP contribution < -0.4 is 5.32 Å². The van der Waals surface area contributed by atoms with Gasteiger partial charge in [0.2, 0.25) is 0 Å². The fourth-order valence-electron chi connectivity index (χ4n) is 2.23. The average Bonchev–Trinajstić information content (AvgIpc) is 2.44. The topological polar surface area (TPSA) is 15.3 Å². The van der Waals surface area contributed by atoms with E-state index in [-0.39, 0.29) is 12.4 Å². The van der Waals surface area contributed by atoms with Crippen LogP contribution in [0.1, 0.15) is 20.3 Å². The van der Waals surface area contributed by atoms with Gasteiger partial charge in [0, 0.05) is 31.2 Å². The summed E-state index contributed by atoms with van der Waals surface area (Å²) >= 11 is 0. The largest absolute Gasteiger partial charge is 0.311 e. The van der Waals surface area contributed by atoms with Gasteiger partial charge in [-0.15, -0.1) is 12.4 Å². The number of piperazine rings is 1. The lowest BCUT2D eigenvalue weighted by Gasteiger charge is -2.30. The van der Waals surface area contributed by atoms with E-state index in [0.29, 0.717) is 0 Å². The molecule has 0 aromatic rings. The molecule has 0 saturated carbocycles. The van der Waals surface area contributed by atoms with Crippen LogP contribution in [0, 0.1) is 0 Å². The first-order chi connectivity index (χ1) is 4.77. The predicted octanol–water partition coefficient (Wildman–Crippen LogP) is 0.863. The average molecular weight is 177 g/mol. The van der Waals surface area contributed by atoms with Gasteiger partial charge in [-0.2, -0.15) is 0 Å². The standard InChI is InChI=1S/C8H16N2.ClH/c1-6(2)10-5-7-3-8(10)4-9-7;/h6-9H,3-5H2,1-2H3;1H. The first kappa shape index (κ1) is 9.30. The zero-order valence-corrected chi connectivity index (χ0v) is 8.03. The third-order valence-corrected chi connectivity index (χ3v) is 2.76. The van der Waals surface area contributed by atoms with Crippen molar-refractivity contribution in [1.82, 2.24) is 10.2 Å². The Morgan fingerprint density at radius 1 is 1.45 bits per heavy atom. The van der Waals surface area contributed by atoms with Crippen LogP contribution in [0.4, 0.5) is 0 Å². The zero-order chi connectivity index (χ0) is 7.14. The lowest BCUT2D eigenvalue weighted by molar-refractivity contribution is 0.181. The molecule has 0 radical (unpaired) electrons. The molecule has 2 aliphatic heterocycles. The van der Waals surface area contributed by atoms with Gasteiger partial charge in [0.25, 0.3) is 0 Å². The summed E-state index contributed by atoms with van der Waals surface area (Å²) < 4.78 is 0. The normalized spacial score (nSPS) is 36.3. The second-order valence-corrected chi connectivity index (χ2v) is 3.79. The summed E-state index contributed by atoms with van der Waals surface area (Å²) in [4.78, 5) is 2.61. The minimum absolute atomic E-state index is 0. The van der Waals surface area contributed by atoms with Crippen molar-refractivity contribution in [2.24, 2.45) is 0 Å². The van der Waals surface area contributed by atoms with E-state index in [1.807, 2.05) is 0 Å². The summed E-state index contributed by atoms with van der Waals surface area (Å²) in [5.41, 5.74) is 0. The lowest BCUT2D eigenvalue weighted by Crippen LogP contribution is -2.46. The van der Waals surface area contributed by atoms with Crippen LogP contribution in [-0.4, -0.2) is 36.1 Å². The van der Waals surface area contributed by atoms with Crippen LogP contribution in [0.3, 0.4) is 0 Å². The molecule has 2 heterocycles. The minimum atomic E-state index is 0. The van der Waals surface area contributed by atoms with Crippen LogP contribution in [-0.2, 0) is 0 Å². The van der Waals surface area contributed by atoms with Gasteiger partial charge in [0.15, 0.2) is 0 Å². The van der Waals surface area contributed by atoms with Gasteiger partial charge >= 0.3 is 0 Å². The molecule has 2 aliphatic rings. The maximum absolute atomic E-state index is 3.50. The highest BCUT2D eigenvalue weighted by molar-refractivity contribution is 5.85. The number of hydrogen-bond donors (Lipinski definition) is 1. The number of hydrogen-bond acceptors (Lipinski definition) is 2. The van der Waals surface area contributed by atoms with Crippen molar-refractivity contribution in [1.29, 1.82) is 0 Å². The Labute approximate surface area is 74.7 Å². The van der Waals surface area contributed by atoms with Gasteiger partial charge in [-0.1, -0.05) is 0 Å². The third-order valence-electron chi connectivity index (χ3n) is 2.76. The van der Waals surface area contributed by atoms with E-state index in [0.717, 1.165) is 18.1 Å². The smallest absolute Gasteiger partial charge is 0.0239 e. The van der Waals surface area contributed by atoms with Crippen LogP contribution >= 0.6 is 12.4 Å². The van der Waals surface area contributed by atoms with E-state index in [9.17, 15) is 0 Å². The highest BCUT2D eigenvalue weighted by Crippen LogP contribution is 2.24. The summed E-state index contributed by atoms with van der Waals surface area (Å²) in [7, 11) is 0. The molecule has 11 heavy (non-hydrogen) atoms. The highest BCUT2D eigenvalue weighted by Gasteiger charge is 2.38. The van der Waals surface area contributed by atoms with E-state index in [1.54, 1.807) is 0 Å². The molecule has 2 rings (SSSR count). The summed E-state index contributed by atoms with van der Waals surface area (Å²) in [6.45, 7) is 7.09. The van der Waals surface area contributed by atoms with Gasteiger partial charge in [0.1, 0.15) is 0 Å². The monoisotopic (exact) mass is 176 g/mol. The lowest BCUT2D eigenvalue weighted by atomic mass is 10.2. The quantitative estimate of drug-likeness (QED) is 0.638. The van der Waals surface area contributed by atoms with E-state index in [1.165, 1.54) is 19.5 Å². The molecule has 0 spiro atoms. The first-order valence-electron chi connectivity index (χ1n) is 4.26. The van der Waals surface area contributed by atoms with Crippen LogP contribution in [0.2, 0.25) is 0 Å². The SMILES string of the molecule is CC(C)N1CC2CC1CN2.Cl. The van der Waals surface area contributed by atoms with Gasteiger partial charge in [-0.25, -0.2) is 0 Å². The van der Waals surface area contributed by atoms with E-state index >= 15 is 0 Å². The molecule has 2 bridgehead atoms. The third kappa shape index (κ3) is 1.53. The molecule has 0 amide bonds. The molecule has 1 N–H and O–H groups in total. The van der Waals surface area contributed by atoms with Crippen molar-refractivity contribution in [3.63, 3.8) is 0 Å². The van der Waals surface area contributed by atoms with Crippen molar-refractivity contribution < 1.29 is 0 Å². The molecule has 3 heteroatoms. The molecule has 0 aliphatic carbocycles. The van der Waals surface area contributed by atoms with E-state index in [2.05, 4.69) is 24.1 Å². The Kier molecular flexibility index (Phi) is 2.79. The Balaban J connectivity index is 0.000000605. The van der Waals surface area contributed by atoms with Gasteiger partial charge in [-0.05, 0) is 20.3 Å². The summed E-state index contributed by atoms with van der Waals surface area (Å²) in [6.07, 6.45) is 1.39. The van der Waals surface area contributed by atoms with Gasteiger partial charge in [0.05, 0.1) is 0 Å². The number of fused-ring (bicyclic) bond motifs is 2. The van der Waals surface area contributed by atoms with Crippen molar-refractivity contribution in [3.8, 4) is 0 Å². The minimum Gasteiger partial charge on any atom is -0.311 e. The zero-order valence-electron chi connectivity index (χ0n) is 7.21. The van der Waals surface area contributed by atoms with Gasteiger partial charge in [-0.3, -0.25) is 4.90 Å². The molecule has 2 unspecified atom stereocenters. The van der Waals surface area contributed by atoms with Crippen LogP contribution in [0.5, 0.6) is 0 Å². The maximum atomic E-state index is 3.50.